The Labute approximate surface area is 98.7 Å². The third kappa shape index (κ3) is 2.43. The molecule has 3 heteroatoms. The molecule has 0 bridgehead atoms. The smallest absolute Gasteiger partial charge is 0.389 e. The predicted molar refractivity (Wildman–Crippen MR) is 68.1 cm³/mol. The summed E-state index contributed by atoms with van der Waals surface area (Å²) in [6.07, 6.45) is 2.23. The van der Waals surface area contributed by atoms with Crippen LogP contribution in [0.25, 0.3) is 11.6 Å². The molecule has 0 heterocycles. The zero-order valence-electron chi connectivity index (χ0n) is 9.82. The van der Waals surface area contributed by atoms with Gasteiger partial charge in [0.05, 0.1) is 0 Å². The van der Waals surface area contributed by atoms with Crippen LogP contribution >= 0.6 is 0 Å². The first kappa shape index (κ1) is 11.6. The molecule has 85 valence electrons. The summed E-state index contributed by atoms with van der Waals surface area (Å²) in [6, 6.07) is 9.42. The van der Waals surface area contributed by atoms with Gasteiger partial charge in [0.2, 0.25) is 0 Å². The zero-order chi connectivity index (χ0) is 11.4. The Balaban J connectivity index is 1.96. The van der Waals surface area contributed by atoms with Crippen molar-refractivity contribution < 1.29 is 8.85 Å². The molecule has 2 rings (SSSR count). The highest BCUT2D eigenvalue weighted by molar-refractivity contribution is 6.48. The summed E-state index contributed by atoms with van der Waals surface area (Å²) in [5.74, 6) is 0. The summed E-state index contributed by atoms with van der Waals surface area (Å²) in [5.41, 5.74) is 4.09. The van der Waals surface area contributed by atoms with Crippen LogP contribution in [-0.2, 0) is 8.85 Å². The van der Waals surface area contributed by atoms with Crippen molar-refractivity contribution in [2.24, 2.45) is 0 Å². The highest BCUT2D eigenvalue weighted by Gasteiger charge is 2.23. The first-order valence-electron chi connectivity index (χ1n) is 5.76. The van der Waals surface area contributed by atoms with Crippen molar-refractivity contribution in [3.63, 3.8) is 0 Å². The van der Waals surface area contributed by atoms with Crippen LogP contribution in [0.4, 0.5) is 0 Å². The summed E-state index contributed by atoms with van der Waals surface area (Å²) in [6.45, 7) is 5.52. The van der Waals surface area contributed by atoms with Gasteiger partial charge in [-0.1, -0.05) is 30.3 Å². The van der Waals surface area contributed by atoms with Crippen LogP contribution in [0.15, 0.2) is 24.3 Å². The van der Waals surface area contributed by atoms with E-state index in [0.717, 1.165) is 19.3 Å². The molecule has 0 saturated heterocycles. The number of fused-ring (bicyclic) bond motifs is 1. The van der Waals surface area contributed by atoms with E-state index in [4.69, 9.17) is 8.85 Å². The van der Waals surface area contributed by atoms with E-state index in [-0.39, 0.29) is 0 Å². The molecule has 1 aliphatic carbocycles. The Hall–Kier alpha value is -0.903. The number of allylic oxidation sites excluding steroid dienone is 1. The number of hydrogen-bond acceptors (Lipinski definition) is 2. The summed E-state index contributed by atoms with van der Waals surface area (Å²) >= 11 is 0. The van der Waals surface area contributed by atoms with E-state index in [1.807, 2.05) is 13.8 Å². The van der Waals surface area contributed by atoms with Gasteiger partial charge < -0.3 is 8.85 Å². The van der Waals surface area contributed by atoms with E-state index in [1.54, 1.807) is 0 Å². The minimum absolute atomic E-state index is 0.739. The summed E-state index contributed by atoms with van der Waals surface area (Å²) < 4.78 is 11.3. The Morgan fingerprint density at radius 2 is 1.75 bits per heavy atom. The molecule has 1 aromatic carbocycles. The van der Waals surface area contributed by atoms with Crippen LogP contribution < -0.4 is 0 Å². The van der Waals surface area contributed by atoms with Gasteiger partial charge in [-0.15, -0.1) is 0 Å². The molecule has 0 aromatic heterocycles. The summed E-state index contributed by atoms with van der Waals surface area (Å²) in [4.78, 5) is 0. The van der Waals surface area contributed by atoms with Gasteiger partial charge in [-0.3, -0.25) is 0 Å². The molecule has 0 N–H and O–H groups in total. The van der Waals surface area contributed by atoms with E-state index >= 15 is 0 Å². The first-order valence-corrected chi connectivity index (χ1v) is 7.29. The molecule has 1 aliphatic rings. The van der Waals surface area contributed by atoms with Gasteiger partial charge in [0.1, 0.15) is 0 Å². The summed E-state index contributed by atoms with van der Waals surface area (Å²) in [5, 5.41) is 0. The van der Waals surface area contributed by atoms with E-state index in [1.165, 1.54) is 16.7 Å². The Bertz CT molecular complexity index is 381. The quantitative estimate of drug-likeness (QED) is 0.703. The SMILES string of the molecule is CCO[Si](CC1=Cc2ccccc21)OCC. The monoisotopic (exact) mass is 233 g/mol. The van der Waals surface area contributed by atoms with Crippen LogP contribution in [0.1, 0.15) is 25.0 Å². The van der Waals surface area contributed by atoms with E-state index in [9.17, 15) is 0 Å². The lowest BCUT2D eigenvalue weighted by Crippen LogP contribution is -2.24. The molecule has 0 amide bonds. The molecule has 0 saturated carbocycles. The van der Waals surface area contributed by atoms with E-state index in [0.29, 0.717) is 0 Å². The van der Waals surface area contributed by atoms with E-state index < -0.39 is 9.28 Å². The molecular weight excluding hydrogens is 216 g/mol. The van der Waals surface area contributed by atoms with Crippen LogP contribution in [0.2, 0.25) is 6.04 Å². The van der Waals surface area contributed by atoms with Crippen molar-refractivity contribution in [2.75, 3.05) is 13.2 Å². The fraction of sp³-hybridized carbons (Fsp3) is 0.385. The third-order valence-corrected chi connectivity index (χ3v) is 4.47. The van der Waals surface area contributed by atoms with Gasteiger partial charge >= 0.3 is 9.28 Å². The molecule has 0 spiro atoms. The van der Waals surface area contributed by atoms with Crippen molar-refractivity contribution in [1.29, 1.82) is 0 Å². The standard InChI is InChI=1S/C13H17O2Si/c1-3-14-16(15-4-2)10-12-9-11-7-5-6-8-13(11)12/h5-9H,3-4,10H2,1-2H3. The minimum Gasteiger partial charge on any atom is -0.393 e. The van der Waals surface area contributed by atoms with Crippen molar-refractivity contribution in [2.45, 2.75) is 19.9 Å². The molecule has 0 fully saturated rings. The van der Waals surface area contributed by atoms with Gasteiger partial charge in [-0.2, -0.15) is 0 Å². The molecule has 1 radical (unpaired) electrons. The Morgan fingerprint density at radius 3 is 2.38 bits per heavy atom. The second-order valence-electron chi connectivity index (χ2n) is 3.67. The zero-order valence-corrected chi connectivity index (χ0v) is 10.8. The van der Waals surface area contributed by atoms with Crippen molar-refractivity contribution in [3.05, 3.63) is 35.4 Å². The molecule has 2 nitrogen and oxygen atoms in total. The second-order valence-corrected chi connectivity index (χ2v) is 5.35. The number of rotatable bonds is 6. The highest BCUT2D eigenvalue weighted by atomic mass is 28.3. The molecule has 0 atom stereocenters. The highest BCUT2D eigenvalue weighted by Crippen LogP contribution is 2.35. The Kier molecular flexibility index (Phi) is 3.93. The molecule has 16 heavy (non-hydrogen) atoms. The normalized spacial score (nSPS) is 13.3. The third-order valence-electron chi connectivity index (χ3n) is 2.58. The fourth-order valence-corrected chi connectivity index (χ4v) is 3.41. The van der Waals surface area contributed by atoms with Crippen molar-refractivity contribution in [1.82, 2.24) is 0 Å². The Morgan fingerprint density at radius 1 is 1.06 bits per heavy atom. The maximum Gasteiger partial charge on any atom is 0.389 e. The van der Waals surface area contributed by atoms with Gasteiger partial charge in [0.25, 0.3) is 0 Å². The van der Waals surface area contributed by atoms with Gasteiger partial charge in [-0.25, -0.2) is 0 Å². The molecule has 1 aromatic rings. The van der Waals surface area contributed by atoms with Crippen LogP contribution in [0, 0.1) is 0 Å². The lowest BCUT2D eigenvalue weighted by molar-refractivity contribution is 0.216. The second kappa shape index (κ2) is 5.43. The number of hydrogen-bond donors (Lipinski definition) is 0. The lowest BCUT2D eigenvalue weighted by Gasteiger charge is -2.22. The minimum atomic E-state index is -1.12. The van der Waals surface area contributed by atoms with Gasteiger partial charge in [-0.05, 0) is 30.5 Å². The van der Waals surface area contributed by atoms with E-state index in [2.05, 4.69) is 30.3 Å². The topological polar surface area (TPSA) is 18.5 Å². The maximum atomic E-state index is 5.64. The first-order chi connectivity index (χ1) is 7.85. The summed E-state index contributed by atoms with van der Waals surface area (Å²) in [7, 11) is -1.12. The average molecular weight is 233 g/mol. The maximum absolute atomic E-state index is 5.64. The predicted octanol–water partition coefficient (Wildman–Crippen LogP) is 3.10. The lowest BCUT2D eigenvalue weighted by atomic mass is 9.90. The molecule has 0 unspecified atom stereocenters. The van der Waals surface area contributed by atoms with Crippen LogP contribution in [-0.4, -0.2) is 22.5 Å². The van der Waals surface area contributed by atoms with Crippen LogP contribution in [0.3, 0.4) is 0 Å². The van der Waals surface area contributed by atoms with Crippen LogP contribution in [0.5, 0.6) is 0 Å². The average Bonchev–Trinajstić information content (AvgIpc) is 2.26. The fourth-order valence-electron chi connectivity index (χ4n) is 1.87. The number of benzene rings is 1. The van der Waals surface area contributed by atoms with Crippen molar-refractivity contribution in [3.8, 4) is 0 Å². The van der Waals surface area contributed by atoms with Gasteiger partial charge in [0, 0.05) is 19.3 Å². The largest absolute Gasteiger partial charge is 0.393 e. The van der Waals surface area contributed by atoms with Gasteiger partial charge in [0.15, 0.2) is 0 Å². The molecular formula is C13H17O2Si. The van der Waals surface area contributed by atoms with Crippen molar-refractivity contribution >= 4 is 20.9 Å². The molecule has 0 aliphatic heterocycles.